The fraction of sp³-hybridized carbons (Fsp3) is 0.400. The smallest absolute Gasteiger partial charge is 0.316 e. The molecule has 3 heteroatoms. The Morgan fingerprint density at radius 3 is 2.38 bits per heavy atom. The van der Waals surface area contributed by atoms with Crippen molar-refractivity contribution < 1.29 is 13.5 Å². The number of halogens is 2. The zero-order chi connectivity index (χ0) is 9.73. The zero-order valence-electron chi connectivity index (χ0n) is 7.47. The molecule has 0 aliphatic rings. The third-order valence-corrected chi connectivity index (χ3v) is 1.70. The molecule has 13 heavy (non-hydrogen) atoms. The molecule has 0 aliphatic heterocycles. The van der Waals surface area contributed by atoms with Gasteiger partial charge >= 0.3 is 6.11 Å². The van der Waals surface area contributed by atoms with Crippen LogP contribution in [0.1, 0.15) is 18.9 Å². The molecule has 0 heterocycles. The summed E-state index contributed by atoms with van der Waals surface area (Å²) >= 11 is 0. The Morgan fingerprint density at radius 1 is 1.23 bits per heavy atom. The minimum Gasteiger partial charge on any atom is -0.316 e. The SMILES string of the molecule is CCC(F)(F)OCc1ccccc1. The highest BCUT2D eigenvalue weighted by molar-refractivity contribution is 5.13. The number of alkyl halides is 2. The van der Waals surface area contributed by atoms with Gasteiger partial charge in [-0.25, -0.2) is 0 Å². The van der Waals surface area contributed by atoms with Gasteiger partial charge in [0.15, 0.2) is 0 Å². The van der Waals surface area contributed by atoms with Gasteiger partial charge in [0.2, 0.25) is 0 Å². The maximum Gasteiger partial charge on any atom is 0.355 e. The van der Waals surface area contributed by atoms with E-state index in [1.54, 1.807) is 24.3 Å². The first-order valence-electron chi connectivity index (χ1n) is 4.20. The van der Waals surface area contributed by atoms with E-state index in [0.29, 0.717) is 0 Å². The number of rotatable bonds is 4. The van der Waals surface area contributed by atoms with Crippen LogP contribution in [0.15, 0.2) is 30.3 Å². The lowest BCUT2D eigenvalue weighted by atomic mass is 10.2. The molecular formula is C10H12F2O. The van der Waals surface area contributed by atoms with Crippen LogP contribution in [-0.2, 0) is 11.3 Å². The van der Waals surface area contributed by atoms with Gasteiger partial charge in [0.05, 0.1) is 6.61 Å². The standard InChI is InChI=1S/C10H12F2O/c1-2-10(11,12)13-8-9-6-4-3-5-7-9/h3-7H,2,8H2,1H3. The van der Waals surface area contributed by atoms with E-state index in [2.05, 4.69) is 4.74 Å². The lowest BCUT2D eigenvalue weighted by Gasteiger charge is -2.14. The normalized spacial score (nSPS) is 11.6. The summed E-state index contributed by atoms with van der Waals surface area (Å²) in [5.41, 5.74) is 0.760. The highest BCUT2D eigenvalue weighted by Crippen LogP contribution is 2.20. The van der Waals surface area contributed by atoms with Crippen molar-refractivity contribution in [1.82, 2.24) is 0 Å². The molecule has 0 N–H and O–H groups in total. The van der Waals surface area contributed by atoms with Gasteiger partial charge in [0.1, 0.15) is 0 Å². The first kappa shape index (κ1) is 10.1. The summed E-state index contributed by atoms with van der Waals surface area (Å²) in [4.78, 5) is 0. The quantitative estimate of drug-likeness (QED) is 0.701. The maximum absolute atomic E-state index is 12.6. The second-order valence-corrected chi connectivity index (χ2v) is 2.77. The molecule has 1 aromatic carbocycles. The van der Waals surface area contributed by atoms with Crippen LogP contribution in [0, 0.1) is 0 Å². The minimum absolute atomic E-state index is 0.0400. The highest BCUT2D eigenvalue weighted by atomic mass is 19.3. The topological polar surface area (TPSA) is 9.23 Å². The molecule has 0 spiro atoms. The molecule has 72 valence electrons. The van der Waals surface area contributed by atoms with Gasteiger partial charge in [-0.1, -0.05) is 37.3 Å². The van der Waals surface area contributed by atoms with Crippen molar-refractivity contribution in [2.75, 3.05) is 0 Å². The lowest BCUT2D eigenvalue weighted by Crippen LogP contribution is -2.18. The van der Waals surface area contributed by atoms with Crippen molar-refractivity contribution in [3.8, 4) is 0 Å². The van der Waals surface area contributed by atoms with E-state index in [1.165, 1.54) is 6.92 Å². The molecule has 0 atom stereocenters. The Balaban J connectivity index is 2.44. The molecule has 0 bridgehead atoms. The fourth-order valence-corrected chi connectivity index (χ4v) is 0.865. The molecule has 1 rings (SSSR count). The largest absolute Gasteiger partial charge is 0.355 e. The summed E-state index contributed by atoms with van der Waals surface area (Å²) in [5.74, 6) is 0. The van der Waals surface area contributed by atoms with E-state index in [-0.39, 0.29) is 13.0 Å². The van der Waals surface area contributed by atoms with Crippen LogP contribution in [0.5, 0.6) is 0 Å². The van der Waals surface area contributed by atoms with E-state index in [1.807, 2.05) is 6.07 Å². The Bertz CT molecular complexity index is 246. The number of hydrogen-bond donors (Lipinski definition) is 0. The van der Waals surface area contributed by atoms with Crippen molar-refractivity contribution in [1.29, 1.82) is 0 Å². The predicted molar refractivity (Wildman–Crippen MR) is 46.5 cm³/mol. The molecular weight excluding hydrogens is 174 g/mol. The fourth-order valence-electron chi connectivity index (χ4n) is 0.865. The van der Waals surface area contributed by atoms with E-state index in [9.17, 15) is 8.78 Å². The zero-order valence-corrected chi connectivity index (χ0v) is 7.47. The average molecular weight is 186 g/mol. The van der Waals surface area contributed by atoms with Crippen LogP contribution >= 0.6 is 0 Å². The summed E-state index contributed by atoms with van der Waals surface area (Å²) < 4.78 is 29.7. The lowest BCUT2D eigenvalue weighted by molar-refractivity contribution is -0.246. The molecule has 0 aliphatic carbocycles. The molecule has 1 aromatic rings. The third-order valence-electron chi connectivity index (χ3n) is 1.70. The number of benzene rings is 1. The average Bonchev–Trinajstić information content (AvgIpc) is 2.17. The van der Waals surface area contributed by atoms with Gasteiger partial charge in [-0.3, -0.25) is 0 Å². The van der Waals surface area contributed by atoms with Crippen LogP contribution in [0.25, 0.3) is 0 Å². The van der Waals surface area contributed by atoms with Gasteiger partial charge in [-0.05, 0) is 5.56 Å². The minimum atomic E-state index is -3.00. The van der Waals surface area contributed by atoms with Crippen LogP contribution in [-0.4, -0.2) is 6.11 Å². The van der Waals surface area contributed by atoms with Gasteiger partial charge in [-0.15, -0.1) is 0 Å². The monoisotopic (exact) mass is 186 g/mol. The van der Waals surface area contributed by atoms with Crippen molar-refractivity contribution >= 4 is 0 Å². The Kier molecular flexibility index (Phi) is 3.37. The van der Waals surface area contributed by atoms with Crippen LogP contribution in [0.4, 0.5) is 8.78 Å². The van der Waals surface area contributed by atoms with E-state index in [4.69, 9.17) is 0 Å². The second-order valence-electron chi connectivity index (χ2n) is 2.77. The molecule has 0 aromatic heterocycles. The number of ether oxygens (including phenoxy) is 1. The first-order valence-corrected chi connectivity index (χ1v) is 4.20. The van der Waals surface area contributed by atoms with Crippen LogP contribution in [0.3, 0.4) is 0 Å². The molecule has 0 unspecified atom stereocenters. The molecule has 0 radical (unpaired) electrons. The Labute approximate surface area is 76.3 Å². The second kappa shape index (κ2) is 4.33. The molecule has 0 saturated carbocycles. The summed E-state index contributed by atoms with van der Waals surface area (Å²) in [7, 11) is 0. The first-order chi connectivity index (χ1) is 6.14. The molecule has 0 saturated heterocycles. The van der Waals surface area contributed by atoms with E-state index < -0.39 is 6.11 Å². The summed E-state index contributed by atoms with van der Waals surface area (Å²) in [6.45, 7) is 1.35. The van der Waals surface area contributed by atoms with Crippen LogP contribution in [0.2, 0.25) is 0 Å². The van der Waals surface area contributed by atoms with Gasteiger partial charge in [0.25, 0.3) is 0 Å². The summed E-state index contributed by atoms with van der Waals surface area (Å²) in [6.07, 6.45) is -3.30. The molecule has 0 amide bonds. The summed E-state index contributed by atoms with van der Waals surface area (Å²) in [5, 5.41) is 0. The highest BCUT2D eigenvalue weighted by Gasteiger charge is 2.26. The van der Waals surface area contributed by atoms with Crippen molar-refractivity contribution in [2.45, 2.75) is 26.1 Å². The summed E-state index contributed by atoms with van der Waals surface area (Å²) in [6, 6.07) is 8.94. The van der Waals surface area contributed by atoms with E-state index >= 15 is 0 Å². The van der Waals surface area contributed by atoms with E-state index in [0.717, 1.165) is 5.56 Å². The maximum atomic E-state index is 12.6. The Hall–Kier alpha value is -0.960. The molecule has 1 nitrogen and oxygen atoms in total. The van der Waals surface area contributed by atoms with Crippen molar-refractivity contribution in [2.24, 2.45) is 0 Å². The van der Waals surface area contributed by atoms with Crippen molar-refractivity contribution in [3.05, 3.63) is 35.9 Å². The third kappa shape index (κ3) is 3.51. The Morgan fingerprint density at radius 2 is 1.85 bits per heavy atom. The van der Waals surface area contributed by atoms with Gasteiger partial charge in [0, 0.05) is 6.42 Å². The number of hydrogen-bond acceptors (Lipinski definition) is 1. The van der Waals surface area contributed by atoms with Crippen LogP contribution < -0.4 is 0 Å². The molecule has 0 fully saturated rings. The van der Waals surface area contributed by atoms with Gasteiger partial charge in [-0.2, -0.15) is 8.78 Å². The predicted octanol–water partition coefficient (Wildman–Crippen LogP) is 3.21. The van der Waals surface area contributed by atoms with Crippen molar-refractivity contribution in [3.63, 3.8) is 0 Å². The van der Waals surface area contributed by atoms with Gasteiger partial charge < -0.3 is 4.74 Å².